The molecule has 19 heavy (non-hydrogen) atoms. The van der Waals surface area contributed by atoms with E-state index in [-0.39, 0.29) is 6.61 Å². The fourth-order valence-corrected chi connectivity index (χ4v) is 3.11. The Morgan fingerprint density at radius 1 is 1.32 bits per heavy atom. The first-order valence-electron chi connectivity index (χ1n) is 5.79. The summed E-state index contributed by atoms with van der Waals surface area (Å²) in [5, 5.41) is 8.84. The van der Waals surface area contributed by atoms with Gasteiger partial charge in [0, 0.05) is 27.9 Å². The second-order valence-corrected chi connectivity index (χ2v) is 6.07. The van der Waals surface area contributed by atoms with E-state index < -0.39 is 0 Å². The summed E-state index contributed by atoms with van der Waals surface area (Å²) in [7, 11) is 0. The van der Waals surface area contributed by atoms with Gasteiger partial charge in [-0.25, -0.2) is 4.98 Å². The monoisotopic (exact) mass is 293 g/mol. The first-order chi connectivity index (χ1) is 9.20. The van der Waals surface area contributed by atoms with Crippen molar-refractivity contribution in [3.63, 3.8) is 0 Å². The third kappa shape index (κ3) is 3.86. The molecule has 2 aromatic rings. The molecule has 0 unspecified atom stereocenters. The van der Waals surface area contributed by atoms with E-state index in [2.05, 4.69) is 9.97 Å². The standard InChI is InChI=1S/C13H15N3OS2/c1-9-11(3-2-4-15-9)19-12-7-10(18-6-5-17)8-16-13(12)14/h2-4,7-8,17H,5-6H2,1H3,(H2,14,16). The lowest BCUT2D eigenvalue weighted by atomic mass is 10.4. The van der Waals surface area contributed by atoms with Gasteiger partial charge in [0.05, 0.1) is 17.2 Å². The van der Waals surface area contributed by atoms with E-state index >= 15 is 0 Å². The number of nitrogens with zero attached hydrogens (tertiary/aromatic N) is 2. The van der Waals surface area contributed by atoms with Crippen molar-refractivity contribution >= 4 is 29.3 Å². The number of pyridine rings is 2. The summed E-state index contributed by atoms with van der Waals surface area (Å²) >= 11 is 3.12. The molecule has 0 saturated heterocycles. The summed E-state index contributed by atoms with van der Waals surface area (Å²) in [6, 6.07) is 5.92. The van der Waals surface area contributed by atoms with Gasteiger partial charge in [-0.05, 0) is 25.1 Å². The Hall–Kier alpha value is -1.24. The first-order valence-corrected chi connectivity index (χ1v) is 7.59. The van der Waals surface area contributed by atoms with E-state index in [1.165, 1.54) is 0 Å². The van der Waals surface area contributed by atoms with Crippen LogP contribution in [-0.4, -0.2) is 27.4 Å². The Morgan fingerprint density at radius 3 is 2.89 bits per heavy atom. The minimum Gasteiger partial charge on any atom is -0.396 e. The van der Waals surface area contributed by atoms with Gasteiger partial charge in [-0.1, -0.05) is 11.8 Å². The molecule has 0 bridgehead atoms. The number of rotatable bonds is 5. The highest BCUT2D eigenvalue weighted by Gasteiger charge is 2.07. The molecular formula is C13H15N3OS2. The molecule has 3 N–H and O–H groups in total. The predicted octanol–water partition coefficient (Wildman–Crippen LogP) is 2.60. The van der Waals surface area contributed by atoms with Crippen molar-refractivity contribution in [1.82, 2.24) is 9.97 Å². The molecule has 0 aliphatic carbocycles. The molecule has 0 saturated carbocycles. The minimum absolute atomic E-state index is 0.152. The summed E-state index contributed by atoms with van der Waals surface area (Å²) < 4.78 is 0. The fraction of sp³-hybridized carbons (Fsp3) is 0.231. The molecule has 0 spiro atoms. The number of aliphatic hydroxyl groups is 1. The van der Waals surface area contributed by atoms with Gasteiger partial charge in [0.25, 0.3) is 0 Å². The van der Waals surface area contributed by atoms with Crippen LogP contribution >= 0.6 is 23.5 Å². The summed E-state index contributed by atoms with van der Waals surface area (Å²) in [4.78, 5) is 11.4. The van der Waals surface area contributed by atoms with Gasteiger partial charge in [0.15, 0.2) is 0 Å². The van der Waals surface area contributed by atoms with Crippen molar-refractivity contribution < 1.29 is 5.11 Å². The lowest BCUT2D eigenvalue weighted by Gasteiger charge is -2.08. The quantitative estimate of drug-likeness (QED) is 0.826. The molecule has 100 valence electrons. The van der Waals surface area contributed by atoms with Crippen LogP contribution in [-0.2, 0) is 0 Å². The SMILES string of the molecule is Cc1ncccc1Sc1cc(SCCO)cnc1N. The van der Waals surface area contributed by atoms with E-state index in [1.807, 2.05) is 25.1 Å². The van der Waals surface area contributed by atoms with Crippen LogP contribution in [0.15, 0.2) is 45.3 Å². The molecule has 0 radical (unpaired) electrons. The first kappa shape index (κ1) is 14.2. The lowest BCUT2D eigenvalue weighted by Crippen LogP contribution is -1.95. The summed E-state index contributed by atoms with van der Waals surface area (Å²) in [5.74, 6) is 1.17. The number of aromatic nitrogens is 2. The van der Waals surface area contributed by atoms with Crippen molar-refractivity contribution in [2.24, 2.45) is 0 Å². The van der Waals surface area contributed by atoms with E-state index in [4.69, 9.17) is 10.8 Å². The van der Waals surface area contributed by atoms with Gasteiger partial charge < -0.3 is 10.8 Å². The van der Waals surface area contributed by atoms with Crippen LogP contribution < -0.4 is 5.73 Å². The van der Waals surface area contributed by atoms with Crippen LogP contribution in [0.1, 0.15) is 5.69 Å². The van der Waals surface area contributed by atoms with Gasteiger partial charge in [-0.15, -0.1) is 11.8 Å². The maximum atomic E-state index is 8.84. The Bertz CT molecular complexity index is 563. The number of aliphatic hydroxyl groups excluding tert-OH is 1. The number of nitrogen functional groups attached to an aromatic ring is 1. The van der Waals surface area contributed by atoms with Gasteiger partial charge in [0.2, 0.25) is 0 Å². The number of anilines is 1. The molecule has 2 heterocycles. The topological polar surface area (TPSA) is 72.0 Å². The number of aryl methyl sites for hydroxylation is 1. The smallest absolute Gasteiger partial charge is 0.137 e. The lowest BCUT2D eigenvalue weighted by molar-refractivity contribution is 0.322. The Balaban J connectivity index is 2.21. The molecule has 0 aliphatic rings. The van der Waals surface area contributed by atoms with Crippen molar-refractivity contribution in [1.29, 1.82) is 0 Å². The molecule has 2 rings (SSSR count). The second kappa shape index (κ2) is 6.79. The Kier molecular flexibility index (Phi) is 5.07. The fourth-order valence-electron chi connectivity index (χ4n) is 1.46. The minimum atomic E-state index is 0.152. The molecule has 0 aliphatic heterocycles. The zero-order valence-corrected chi connectivity index (χ0v) is 12.2. The van der Waals surface area contributed by atoms with E-state index in [0.29, 0.717) is 11.6 Å². The predicted molar refractivity (Wildman–Crippen MR) is 79.6 cm³/mol. The average Bonchev–Trinajstić information content (AvgIpc) is 2.42. The van der Waals surface area contributed by atoms with Crippen molar-refractivity contribution in [2.45, 2.75) is 21.6 Å². The van der Waals surface area contributed by atoms with Crippen molar-refractivity contribution in [3.8, 4) is 0 Å². The molecule has 0 aromatic carbocycles. The largest absolute Gasteiger partial charge is 0.396 e. The zero-order valence-electron chi connectivity index (χ0n) is 10.5. The highest BCUT2D eigenvalue weighted by molar-refractivity contribution is 8.00. The molecule has 2 aromatic heterocycles. The van der Waals surface area contributed by atoms with Gasteiger partial charge in [-0.2, -0.15) is 0 Å². The van der Waals surface area contributed by atoms with Gasteiger partial charge in [0.1, 0.15) is 5.82 Å². The van der Waals surface area contributed by atoms with Crippen LogP contribution in [0.2, 0.25) is 0 Å². The van der Waals surface area contributed by atoms with Gasteiger partial charge >= 0.3 is 0 Å². The maximum Gasteiger partial charge on any atom is 0.137 e. The van der Waals surface area contributed by atoms with Crippen molar-refractivity contribution in [3.05, 3.63) is 36.3 Å². The molecule has 0 atom stereocenters. The second-order valence-electron chi connectivity index (χ2n) is 3.82. The van der Waals surface area contributed by atoms with Crippen LogP contribution in [0, 0.1) is 6.92 Å². The van der Waals surface area contributed by atoms with E-state index in [0.717, 1.165) is 20.4 Å². The zero-order chi connectivity index (χ0) is 13.7. The number of hydrogen-bond acceptors (Lipinski definition) is 6. The number of nitrogens with two attached hydrogens (primary N) is 1. The summed E-state index contributed by atoms with van der Waals surface area (Å²) in [6.07, 6.45) is 3.50. The van der Waals surface area contributed by atoms with Crippen LogP contribution in [0.5, 0.6) is 0 Å². The molecule has 0 fully saturated rings. The highest BCUT2D eigenvalue weighted by atomic mass is 32.2. The highest BCUT2D eigenvalue weighted by Crippen LogP contribution is 2.34. The third-order valence-electron chi connectivity index (χ3n) is 2.40. The Labute approximate surface area is 120 Å². The summed E-state index contributed by atoms with van der Waals surface area (Å²) in [6.45, 7) is 2.12. The number of thioether (sulfide) groups is 1. The molecule has 0 amide bonds. The van der Waals surface area contributed by atoms with Crippen LogP contribution in [0.4, 0.5) is 5.82 Å². The molecule has 6 heteroatoms. The van der Waals surface area contributed by atoms with E-state index in [1.54, 1.807) is 35.9 Å². The number of hydrogen-bond donors (Lipinski definition) is 2. The van der Waals surface area contributed by atoms with Gasteiger partial charge in [-0.3, -0.25) is 4.98 Å². The summed E-state index contributed by atoms with van der Waals surface area (Å²) in [5.41, 5.74) is 6.88. The third-order valence-corrected chi connectivity index (χ3v) is 4.54. The average molecular weight is 293 g/mol. The van der Waals surface area contributed by atoms with Crippen LogP contribution in [0.25, 0.3) is 0 Å². The Morgan fingerprint density at radius 2 is 2.16 bits per heavy atom. The van der Waals surface area contributed by atoms with E-state index in [9.17, 15) is 0 Å². The maximum absolute atomic E-state index is 8.84. The molecule has 4 nitrogen and oxygen atoms in total. The normalized spacial score (nSPS) is 10.6. The van der Waals surface area contributed by atoms with Crippen LogP contribution in [0.3, 0.4) is 0 Å². The molecular weight excluding hydrogens is 278 g/mol. The van der Waals surface area contributed by atoms with Crippen molar-refractivity contribution in [2.75, 3.05) is 18.1 Å².